The summed E-state index contributed by atoms with van der Waals surface area (Å²) in [5, 5.41) is 0.651. The van der Waals surface area contributed by atoms with Crippen molar-refractivity contribution in [2.75, 3.05) is 32.8 Å². The quantitative estimate of drug-likeness (QED) is 0.885. The summed E-state index contributed by atoms with van der Waals surface area (Å²) in [6.07, 6.45) is 0.764. The molecule has 0 amide bonds. The second kappa shape index (κ2) is 5.50. The van der Waals surface area contributed by atoms with Crippen LogP contribution in [0.25, 0.3) is 10.9 Å². The maximum Gasteiger partial charge on any atom is 0.258 e. The molecule has 5 heteroatoms. The molecule has 1 aromatic heterocycles. The summed E-state index contributed by atoms with van der Waals surface area (Å²) < 4.78 is 5.31. The van der Waals surface area contributed by atoms with E-state index in [4.69, 9.17) is 4.74 Å². The van der Waals surface area contributed by atoms with Crippen molar-refractivity contribution < 1.29 is 4.74 Å². The van der Waals surface area contributed by atoms with E-state index >= 15 is 0 Å². The maximum atomic E-state index is 11.9. The molecule has 0 saturated carbocycles. The number of benzene rings is 1. The molecule has 1 saturated heterocycles. The van der Waals surface area contributed by atoms with Gasteiger partial charge in [0.1, 0.15) is 5.82 Å². The standard InChI is InChI=1S/C14H17N3O2/c18-14-11-3-1-2-4-12(11)15-13(16-14)5-6-17-7-9-19-10-8-17/h1-4H,5-10H2,(H,15,16,18). The van der Waals surface area contributed by atoms with Crippen LogP contribution in [0.1, 0.15) is 5.82 Å². The van der Waals surface area contributed by atoms with E-state index in [-0.39, 0.29) is 5.56 Å². The van der Waals surface area contributed by atoms with Gasteiger partial charge in [-0.3, -0.25) is 9.69 Å². The first-order chi connectivity index (χ1) is 9.33. The molecule has 2 aromatic rings. The Hall–Kier alpha value is -1.72. The van der Waals surface area contributed by atoms with Gasteiger partial charge >= 0.3 is 0 Å². The first-order valence-electron chi connectivity index (χ1n) is 6.61. The molecule has 0 aliphatic carbocycles. The van der Waals surface area contributed by atoms with Crippen LogP contribution in [0, 0.1) is 0 Å². The lowest BCUT2D eigenvalue weighted by molar-refractivity contribution is 0.0382. The fraction of sp³-hybridized carbons (Fsp3) is 0.429. The summed E-state index contributed by atoms with van der Waals surface area (Å²) in [6.45, 7) is 4.41. The number of aromatic amines is 1. The minimum atomic E-state index is -0.0532. The van der Waals surface area contributed by atoms with E-state index in [2.05, 4.69) is 14.9 Å². The molecule has 100 valence electrons. The Balaban J connectivity index is 1.75. The number of para-hydroxylation sites is 1. The molecule has 19 heavy (non-hydrogen) atoms. The van der Waals surface area contributed by atoms with Crippen LogP contribution in [0.3, 0.4) is 0 Å². The Bertz CT molecular complexity index is 617. The van der Waals surface area contributed by atoms with Crippen molar-refractivity contribution in [3.05, 3.63) is 40.4 Å². The fourth-order valence-corrected chi connectivity index (χ4v) is 2.34. The summed E-state index contributed by atoms with van der Waals surface area (Å²) >= 11 is 0. The third-order valence-corrected chi connectivity index (χ3v) is 3.43. The van der Waals surface area contributed by atoms with E-state index in [9.17, 15) is 4.79 Å². The van der Waals surface area contributed by atoms with Crippen molar-refractivity contribution >= 4 is 10.9 Å². The fourth-order valence-electron chi connectivity index (χ4n) is 2.34. The second-order valence-corrected chi connectivity index (χ2v) is 4.73. The van der Waals surface area contributed by atoms with Crippen LogP contribution in [0.4, 0.5) is 0 Å². The van der Waals surface area contributed by atoms with Crippen LogP contribution >= 0.6 is 0 Å². The van der Waals surface area contributed by atoms with Crippen molar-refractivity contribution in [2.24, 2.45) is 0 Å². The molecule has 1 aromatic carbocycles. The highest BCUT2D eigenvalue weighted by molar-refractivity contribution is 5.77. The van der Waals surface area contributed by atoms with Crippen molar-refractivity contribution in [2.45, 2.75) is 6.42 Å². The minimum Gasteiger partial charge on any atom is -0.379 e. The minimum absolute atomic E-state index is 0.0532. The Morgan fingerprint density at radius 1 is 1.26 bits per heavy atom. The molecule has 0 unspecified atom stereocenters. The number of hydrogen-bond donors (Lipinski definition) is 1. The topological polar surface area (TPSA) is 58.2 Å². The van der Waals surface area contributed by atoms with Gasteiger partial charge in [0.15, 0.2) is 0 Å². The zero-order chi connectivity index (χ0) is 13.1. The summed E-state index contributed by atoms with van der Waals surface area (Å²) in [5.41, 5.74) is 0.714. The van der Waals surface area contributed by atoms with Crippen molar-refractivity contribution in [3.8, 4) is 0 Å². The molecule has 1 N–H and O–H groups in total. The van der Waals surface area contributed by atoms with Gasteiger partial charge in [-0.15, -0.1) is 0 Å². The molecule has 0 atom stereocenters. The number of ether oxygens (including phenoxy) is 1. The Morgan fingerprint density at radius 2 is 2.05 bits per heavy atom. The number of aromatic nitrogens is 2. The summed E-state index contributed by atoms with van der Waals surface area (Å²) in [6, 6.07) is 7.43. The van der Waals surface area contributed by atoms with E-state index in [0.717, 1.165) is 50.6 Å². The van der Waals surface area contributed by atoms with Gasteiger partial charge in [0.25, 0.3) is 5.56 Å². The van der Waals surface area contributed by atoms with Crippen molar-refractivity contribution in [1.82, 2.24) is 14.9 Å². The van der Waals surface area contributed by atoms with E-state index in [1.807, 2.05) is 18.2 Å². The van der Waals surface area contributed by atoms with Gasteiger partial charge in [0.2, 0.25) is 0 Å². The molecule has 2 heterocycles. The normalized spacial score (nSPS) is 16.8. The van der Waals surface area contributed by atoms with Crippen LogP contribution in [0.15, 0.2) is 29.1 Å². The smallest absolute Gasteiger partial charge is 0.258 e. The molecule has 3 rings (SSSR count). The Morgan fingerprint density at radius 3 is 2.89 bits per heavy atom. The summed E-state index contributed by atoms with van der Waals surface area (Å²) in [5.74, 6) is 0.759. The van der Waals surface area contributed by atoms with Gasteiger partial charge in [0, 0.05) is 26.1 Å². The average molecular weight is 259 g/mol. The van der Waals surface area contributed by atoms with Gasteiger partial charge in [-0.2, -0.15) is 0 Å². The van der Waals surface area contributed by atoms with Crippen molar-refractivity contribution in [3.63, 3.8) is 0 Å². The predicted molar refractivity (Wildman–Crippen MR) is 73.3 cm³/mol. The number of hydrogen-bond acceptors (Lipinski definition) is 4. The van der Waals surface area contributed by atoms with Crippen LogP contribution in [-0.2, 0) is 11.2 Å². The van der Waals surface area contributed by atoms with Crippen LogP contribution in [-0.4, -0.2) is 47.7 Å². The monoisotopic (exact) mass is 259 g/mol. The summed E-state index contributed by atoms with van der Waals surface area (Å²) in [4.78, 5) is 21.6. The van der Waals surface area contributed by atoms with E-state index in [0.29, 0.717) is 5.39 Å². The SMILES string of the molecule is O=c1[nH]c(CCN2CCOCC2)nc2ccccc12. The van der Waals surface area contributed by atoms with E-state index < -0.39 is 0 Å². The zero-order valence-electron chi connectivity index (χ0n) is 10.8. The van der Waals surface area contributed by atoms with Gasteiger partial charge in [-0.05, 0) is 12.1 Å². The molecule has 5 nitrogen and oxygen atoms in total. The lowest BCUT2D eigenvalue weighted by Gasteiger charge is -2.26. The Labute approximate surface area is 111 Å². The van der Waals surface area contributed by atoms with Gasteiger partial charge < -0.3 is 9.72 Å². The number of rotatable bonds is 3. The lowest BCUT2D eigenvalue weighted by atomic mass is 10.2. The molecule has 1 fully saturated rings. The largest absolute Gasteiger partial charge is 0.379 e. The second-order valence-electron chi connectivity index (χ2n) is 4.73. The average Bonchev–Trinajstić information content (AvgIpc) is 2.46. The third kappa shape index (κ3) is 2.83. The predicted octanol–water partition coefficient (Wildman–Crippen LogP) is 0.798. The first kappa shape index (κ1) is 12.3. The molecule has 1 aliphatic heterocycles. The number of nitrogens with one attached hydrogen (secondary N) is 1. The zero-order valence-corrected chi connectivity index (χ0v) is 10.8. The summed E-state index contributed by atoms with van der Waals surface area (Å²) in [7, 11) is 0. The molecule has 0 bridgehead atoms. The molecule has 0 radical (unpaired) electrons. The molecule has 0 spiro atoms. The van der Waals surface area contributed by atoms with Crippen LogP contribution in [0.2, 0.25) is 0 Å². The number of nitrogens with zero attached hydrogens (tertiary/aromatic N) is 2. The lowest BCUT2D eigenvalue weighted by Crippen LogP contribution is -2.37. The van der Waals surface area contributed by atoms with E-state index in [1.165, 1.54) is 0 Å². The Kier molecular flexibility index (Phi) is 3.57. The first-order valence-corrected chi connectivity index (χ1v) is 6.61. The van der Waals surface area contributed by atoms with Crippen LogP contribution in [0.5, 0.6) is 0 Å². The number of fused-ring (bicyclic) bond motifs is 1. The van der Waals surface area contributed by atoms with Gasteiger partial charge in [0.05, 0.1) is 24.1 Å². The molecule has 1 aliphatic rings. The maximum absolute atomic E-state index is 11.9. The highest BCUT2D eigenvalue weighted by Crippen LogP contribution is 2.06. The number of H-pyrrole nitrogens is 1. The van der Waals surface area contributed by atoms with Gasteiger partial charge in [-0.25, -0.2) is 4.98 Å². The molecular formula is C14H17N3O2. The van der Waals surface area contributed by atoms with Crippen molar-refractivity contribution in [1.29, 1.82) is 0 Å². The highest BCUT2D eigenvalue weighted by atomic mass is 16.5. The van der Waals surface area contributed by atoms with Gasteiger partial charge in [-0.1, -0.05) is 12.1 Å². The van der Waals surface area contributed by atoms with E-state index in [1.54, 1.807) is 6.07 Å². The number of morpholine rings is 1. The molecular weight excluding hydrogens is 242 g/mol. The third-order valence-electron chi connectivity index (χ3n) is 3.43. The van der Waals surface area contributed by atoms with Crippen LogP contribution < -0.4 is 5.56 Å². The highest BCUT2D eigenvalue weighted by Gasteiger charge is 2.11.